The Balaban J connectivity index is 2.91. The van der Waals surface area contributed by atoms with Crippen molar-refractivity contribution in [3.63, 3.8) is 0 Å². The second kappa shape index (κ2) is 6.64. The molecule has 2 atom stereocenters. The van der Waals surface area contributed by atoms with Crippen molar-refractivity contribution in [3.05, 3.63) is 23.8 Å². The summed E-state index contributed by atoms with van der Waals surface area (Å²) in [5, 5.41) is 19.4. The Bertz CT molecular complexity index is 506. The molecule has 0 saturated heterocycles. The second-order valence-corrected chi connectivity index (χ2v) is 3.98. The molecule has 0 aromatic heterocycles. The molecule has 0 amide bonds. The third-order valence-electron chi connectivity index (χ3n) is 2.44. The Labute approximate surface area is 117 Å². The minimum Gasteiger partial charge on any atom is -0.464 e. The first-order valence-electron chi connectivity index (χ1n) is 5.83. The molecule has 4 N–H and O–H groups in total. The van der Waals surface area contributed by atoms with Gasteiger partial charge in [-0.25, -0.2) is 4.79 Å². The molecule has 1 aromatic carbocycles. The smallest absolute Gasteiger partial charge is 0.464 e. The van der Waals surface area contributed by atoms with Gasteiger partial charge in [-0.15, -0.1) is 13.2 Å². The summed E-state index contributed by atoms with van der Waals surface area (Å²) in [6.07, 6.45) is -8.51. The van der Waals surface area contributed by atoms with Gasteiger partial charge >= 0.3 is 12.3 Å². The summed E-state index contributed by atoms with van der Waals surface area (Å²) >= 11 is 0. The molecule has 9 heteroatoms. The molecular weight excluding hydrogens is 295 g/mol. The zero-order valence-corrected chi connectivity index (χ0v) is 10.9. The van der Waals surface area contributed by atoms with E-state index in [-0.39, 0.29) is 17.9 Å². The number of nitrogen functional groups attached to an aromatic ring is 1. The van der Waals surface area contributed by atoms with Crippen molar-refractivity contribution in [2.75, 3.05) is 12.3 Å². The molecular formula is C12H14F3NO5. The summed E-state index contributed by atoms with van der Waals surface area (Å²) in [6, 6.07) is 2.74. The van der Waals surface area contributed by atoms with Crippen LogP contribution in [0.4, 0.5) is 18.9 Å². The lowest BCUT2D eigenvalue weighted by molar-refractivity contribution is -0.274. The summed E-state index contributed by atoms with van der Waals surface area (Å²) in [5.41, 5.74) is 5.09. The molecule has 21 heavy (non-hydrogen) atoms. The normalized spacial score (nSPS) is 14.4. The maximum atomic E-state index is 12.0. The van der Waals surface area contributed by atoms with Crippen LogP contribution in [0, 0.1) is 0 Å². The summed E-state index contributed by atoms with van der Waals surface area (Å²) in [7, 11) is 0. The fourth-order valence-electron chi connectivity index (χ4n) is 1.55. The zero-order chi connectivity index (χ0) is 16.2. The van der Waals surface area contributed by atoms with E-state index in [1.165, 1.54) is 6.92 Å². The van der Waals surface area contributed by atoms with Crippen molar-refractivity contribution in [1.82, 2.24) is 0 Å². The van der Waals surface area contributed by atoms with Crippen LogP contribution >= 0.6 is 0 Å². The van der Waals surface area contributed by atoms with Crippen LogP contribution in [0.3, 0.4) is 0 Å². The van der Waals surface area contributed by atoms with E-state index in [0.29, 0.717) is 0 Å². The van der Waals surface area contributed by atoms with Crippen molar-refractivity contribution in [2.24, 2.45) is 0 Å². The zero-order valence-electron chi connectivity index (χ0n) is 10.9. The van der Waals surface area contributed by atoms with Gasteiger partial charge in [0.2, 0.25) is 0 Å². The van der Waals surface area contributed by atoms with Crippen molar-refractivity contribution in [3.8, 4) is 5.75 Å². The second-order valence-electron chi connectivity index (χ2n) is 3.98. The SMILES string of the molecule is CCOC(=O)C(O)C(O)c1ccc(OC(F)(F)F)cc1N. The molecule has 1 aromatic rings. The van der Waals surface area contributed by atoms with Gasteiger partial charge in [-0.2, -0.15) is 0 Å². The van der Waals surface area contributed by atoms with Crippen LogP contribution in [0.1, 0.15) is 18.6 Å². The van der Waals surface area contributed by atoms with Crippen LogP contribution in [0.5, 0.6) is 5.75 Å². The molecule has 0 aliphatic rings. The highest BCUT2D eigenvalue weighted by molar-refractivity contribution is 5.76. The van der Waals surface area contributed by atoms with E-state index >= 15 is 0 Å². The van der Waals surface area contributed by atoms with Crippen LogP contribution in [0.2, 0.25) is 0 Å². The lowest BCUT2D eigenvalue weighted by atomic mass is 10.0. The van der Waals surface area contributed by atoms with Gasteiger partial charge in [-0.3, -0.25) is 0 Å². The number of hydrogen-bond acceptors (Lipinski definition) is 6. The number of carbonyl (C=O) groups excluding carboxylic acids is 1. The third kappa shape index (κ3) is 4.80. The maximum Gasteiger partial charge on any atom is 0.573 e. The van der Waals surface area contributed by atoms with Crippen molar-refractivity contribution in [2.45, 2.75) is 25.5 Å². The number of alkyl halides is 3. The predicted molar refractivity (Wildman–Crippen MR) is 65.1 cm³/mol. The van der Waals surface area contributed by atoms with E-state index in [2.05, 4.69) is 9.47 Å². The maximum absolute atomic E-state index is 12.0. The third-order valence-corrected chi connectivity index (χ3v) is 2.44. The van der Waals surface area contributed by atoms with Gasteiger partial charge in [0.1, 0.15) is 11.9 Å². The first kappa shape index (κ1) is 17.1. The van der Waals surface area contributed by atoms with Crippen molar-refractivity contribution in [1.29, 1.82) is 0 Å². The first-order chi connectivity index (χ1) is 9.65. The van der Waals surface area contributed by atoms with Gasteiger partial charge in [0.25, 0.3) is 0 Å². The standard InChI is InChI=1S/C12H14F3NO5/c1-2-20-11(19)10(18)9(17)7-4-3-6(5-8(7)16)21-12(13,14)15/h3-5,9-10,17-18H,2,16H2,1H3. The average Bonchev–Trinajstić information content (AvgIpc) is 2.35. The highest BCUT2D eigenvalue weighted by atomic mass is 19.4. The number of rotatable bonds is 5. The molecule has 6 nitrogen and oxygen atoms in total. The van der Waals surface area contributed by atoms with E-state index in [1.807, 2.05) is 0 Å². The van der Waals surface area contributed by atoms with Crippen LogP contribution in [0.15, 0.2) is 18.2 Å². The van der Waals surface area contributed by atoms with Crippen molar-refractivity contribution < 1.29 is 37.7 Å². The van der Waals surface area contributed by atoms with Crippen LogP contribution < -0.4 is 10.5 Å². The first-order valence-corrected chi connectivity index (χ1v) is 5.83. The van der Waals surface area contributed by atoms with Gasteiger partial charge in [-0.1, -0.05) is 6.07 Å². The summed E-state index contributed by atoms with van der Waals surface area (Å²) in [6.45, 7) is 1.51. The Kier molecular flexibility index (Phi) is 5.39. The number of halogens is 3. The molecule has 0 radical (unpaired) electrons. The van der Waals surface area contributed by atoms with Gasteiger partial charge in [-0.05, 0) is 13.0 Å². The Morgan fingerprint density at radius 2 is 2.00 bits per heavy atom. The molecule has 0 spiro atoms. The van der Waals surface area contributed by atoms with E-state index in [4.69, 9.17) is 5.73 Å². The lowest BCUT2D eigenvalue weighted by Gasteiger charge is -2.19. The minimum atomic E-state index is -4.88. The van der Waals surface area contributed by atoms with Crippen LogP contribution in [0.25, 0.3) is 0 Å². The fraction of sp³-hybridized carbons (Fsp3) is 0.417. The molecule has 2 unspecified atom stereocenters. The quantitative estimate of drug-likeness (QED) is 0.556. The summed E-state index contributed by atoms with van der Waals surface area (Å²) < 4.78 is 44.3. The van der Waals surface area contributed by atoms with Crippen LogP contribution in [-0.2, 0) is 9.53 Å². The number of hydrogen-bond donors (Lipinski definition) is 3. The summed E-state index contributed by atoms with van der Waals surface area (Å²) in [5.74, 6) is -1.65. The fourth-order valence-corrected chi connectivity index (χ4v) is 1.55. The number of anilines is 1. The van der Waals surface area contributed by atoms with Crippen molar-refractivity contribution >= 4 is 11.7 Å². The van der Waals surface area contributed by atoms with Gasteiger partial charge in [0.05, 0.1) is 6.61 Å². The monoisotopic (exact) mass is 309 g/mol. The molecule has 0 aliphatic carbocycles. The number of nitrogens with two attached hydrogens (primary N) is 1. The molecule has 0 fully saturated rings. The van der Waals surface area contributed by atoms with Gasteiger partial charge < -0.3 is 25.4 Å². The van der Waals surface area contributed by atoms with Crippen LogP contribution in [-0.4, -0.2) is 35.3 Å². The van der Waals surface area contributed by atoms with Gasteiger partial charge in [0, 0.05) is 17.3 Å². The number of aliphatic hydroxyl groups excluding tert-OH is 2. The Morgan fingerprint density at radius 1 is 1.38 bits per heavy atom. The molecule has 1 rings (SSSR count). The number of ether oxygens (including phenoxy) is 2. The number of benzene rings is 1. The van der Waals surface area contributed by atoms with E-state index in [9.17, 15) is 28.2 Å². The average molecular weight is 309 g/mol. The Morgan fingerprint density at radius 3 is 2.48 bits per heavy atom. The lowest BCUT2D eigenvalue weighted by Crippen LogP contribution is -2.30. The predicted octanol–water partition coefficient (Wildman–Crippen LogP) is 1.12. The highest BCUT2D eigenvalue weighted by Crippen LogP contribution is 2.30. The molecule has 0 saturated carbocycles. The molecule has 0 bridgehead atoms. The van der Waals surface area contributed by atoms with E-state index < -0.39 is 30.3 Å². The molecule has 0 heterocycles. The largest absolute Gasteiger partial charge is 0.573 e. The summed E-state index contributed by atoms with van der Waals surface area (Å²) in [4.78, 5) is 11.3. The highest BCUT2D eigenvalue weighted by Gasteiger charge is 2.32. The van der Waals surface area contributed by atoms with E-state index in [0.717, 1.165) is 18.2 Å². The number of carbonyl (C=O) groups is 1. The van der Waals surface area contributed by atoms with E-state index in [1.54, 1.807) is 0 Å². The topological polar surface area (TPSA) is 102 Å². The Hall–Kier alpha value is -2.00. The molecule has 118 valence electrons. The number of esters is 1. The van der Waals surface area contributed by atoms with Gasteiger partial charge in [0.15, 0.2) is 6.10 Å². The minimum absolute atomic E-state index is 0.00352. The molecule has 0 aliphatic heterocycles. The number of aliphatic hydroxyl groups is 2.